The Morgan fingerprint density at radius 3 is 2.48 bits per heavy atom. The van der Waals surface area contributed by atoms with E-state index in [4.69, 9.17) is 4.74 Å². The highest BCUT2D eigenvalue weighted by molar-refractivity contribution is 8.00. The number of aromatic nitrogens is 2. The first-order valence-electron chi connectivity index (χ1n) is 8.43. The molecule has 8 nitrogen and oxygen atoms in total. The van der Waals surface area contributed by atoms with Gasteiger partial charge in [0.2, 0.25) is 11.8 Å². The molecule has 0 unspecified atom stereocenters. The maximum absolute atomic E-state index is 12.5. The monoisotopic (exact) mass is 430 g/mol. The van der Waals surface area contributed by atoms with Gasteiger partial charge in [0.05, 0.1) is 17.8 Å². The fourth-order valence-corrected chi connectivity index (χ4v) is 4.00. The standard InChI is InChI=1S/C19H18N4O4S2/c1-27-19-11-17(20-13-21-19)23-29(25,26)16-9-7-14(8-10-16)22-18(24)12-28-15-5-3-2-4-6-15/h2-11,13H,12H2,1H3,(H,22,24)(H,20,21,23). The highest BCUT2D eigenvalue weighted by Crippen LogP contribution is 2.20. The molecular formula is C19H18N4O4S2. The number of hydrogen-bond donors (Lipinski definition) is 2. The van der Waals surface area contributed by atoms with Crippen molar-refractivity contribution in [3.8, 4) is 5.88 Å². The lowest BCUT2D eigenvalue weighted by atomic mass is 10.3. The number of anilines is 2. The molecule has 2 aromatic carbocycles. The fraction of sp³-hybridized carbons (Fsp3) is 0.105. The molecule has 2 N–H and O–H groups in total. The van der Waals surface area contributed by atoms with E-state index in [0.717, 1.165) is 4.90 Å². The lowest BCUT2D eigenvalue weighted by molar-refractivity contribution is -0.113. The third-order valence-corrected chi connectivity index (χ3v) is 6.03. The van der Waals surface area contributed by atoms with Crippen molar-refractivity contribution in [2.24, 2.45) is 0 Å². The van der Waals surface area contributed by atoms with Gasteiger partial charge in [-0.3, -0.25) is 9.52 Å². The molecule has 3 rings (SSSR count). The van der Waals surface area contributed by atoms with Gasteiger partial charge in [-0.1, -0.05) is 18.2 Å². The van der Waals surface area contributed by atoms with Crippen LogP contribution in [0.2, 0.25) is 0 Å². The van der Waals surface area contributed by atoms with E-state index in [9.17, 15) is 13.2 Å². The van der Waals surface area contributed by atoms with Gasteiger partial charge < -0.3 is 10.1 Å². The van der Waals surface area contributed by atoms with E-state index in [0.29, 0.717) is 5.69 Å². The van der Waals surface area contributed by atoms with Crippen LogP contribution in [0.4, 0.5) is 11.5 Å². The van der Waals surface area contributed by atoms with Crippen molar-refractivity contribution in [2.45, 2.75) is 9.79 Å². The van der Waals surface area contributed by atoms with Crippen LogP contribution in [-0.4, -0.2) is 37.2 Å². The summed E-state index contributed by atoms with van der Waals surface area (Å²) in [6, 6.07) is 16.8. The molecular weight excluding hydrogens is 412 g/mol. The van der Waals surface area contributed by atoms with Crippen molar-refractivity contribution >= 4 is 39.2 Å². The maximum atomic E-state index is 12.5. The van der Waals surface area contributed by atoms with Gasteiger partial charge in [-0.2, -0.15) is 0 Å². The molecule has 1 heterocycles. The van der Waals surface area contributed by atoms with Crippen LogP contribution in [0, 0.1) is 0 Å². The Kier molecular flexibility index (Phi) is 6.68. The number of ether oxygens (including phenoxy) is 1. The second kappa shape index (κ2) is 9.39. The molecule has 10 heteroatoms. The van der Waals surface area contributed by atoms with Crippen molar-refractivity contribution in [1.82, 2.24) is 9.97 Å². The average molecular weight is 431 g/mol. The molecule has 0 saturated heterocycles. The first-order chi connectivity index (χ1) is 14.0. The molecule has 0 spiro atoms. The van der Waals surface area contributed by atoms with E-state index < -0.39 is 10.0 Å². The van der Waals surface area contributed by atoms with Gasteiger partial charge in [-0.25, -0.2) is 18.4 Å². The highest BCUT2D eigenvalue weighted by Gasteiger charge is 2.15. The number of carbonyl (C=O) groups excluding carboxylic acids is 1. The van der Waals surface area contributed by atoms with E-state index >= 15 is 0 Å². The maximum Gasteiger partial charge on any atom is 0.263 e. The zero-order valence-corrected chi connectivity index (χ0v) is 17.0. The van der Waals surface area contributed by atoms with Crippen molar-refractivity contribution in [2.75, 3.05) is 22.9 Å². The molecule has 29 heavy (non-hydrogen) atoms. The van der Waals surface area contributed by atoms with E-state index in [1.54, 1.807) is 0 Å². The number of hydrogen-bond acceptors (Lipinski definition) is 7. The fourth-order valence-electron chi connectivity index (χ4n) is 2.28. The Labute approximate surface area is 172 Å². The zero-order chi connectivity index (χ0) is 20.7. The van der Waals surface area contributed by atoms with Crippen LogP contribution in [0.5, 0.6) is 5.88 Å². The quantitative estimate of drug-likeness (QED) is 0.529. The molecule has 3 aromatic rings. The van der Waals surface area contributed by atoms with Gasteiger partial charge in [0.25, 0.3) is 10.0 Å². The minimum absolute atomic E-state index is 0.0340. The van der Waals surface area contributed by atoms with E-state index in [-0.39, 0.29) is 28.3 Å². The molecule has 1 amide bonds. The second-order valence-electron chi connectivity index (χ2n) is 5.73. The van der Waals surface area contributed by atoms with Crippen LogP contribution in [0.15, 0.2) is 76.8 Å². The molecule has 0 bridgehead atoms. The van der Waals surface area contributed by atoms with Crippen LogP contribution in [0.1, 0.15) is 0 Å². The van der Waals surface area contributed by atoms with Crippen LogP contribution < -0.4 is 14.8 Å². The molecule has 1 aromatic heterocycles. The average Bonchev–Trinajstić information content (AvgIpc) is 2.73. The Balaban J connectivity index is 1.60. The number of thioether (sulfide) groups is 1. The number of carbonyl (C=O) groups is 1. The number of sulfonamides is 1. The van der Waals surface area contributed by atoms with Gasteiger partial charge in [0.1, 0.15) is 12.1 Å². The molecule has 0 atom stereocenters. The number of nitrogens with one attached hydrogen (secondary N) is 2. The Morgan fingerprint density at radius 1 is 1.07 bits per heavy atom. The lowest BCUT2D eigenvalue weighted by Gasteiger charge is -2.09. The zero-order valence-electron chi connectivity index (χ0n) is 15.4. The molecule has 0 fully saturated rings. The summed E-state index contributed by atoms with van der Waals surface area (Å²) in [6.07, 6.45) is 1.20. The van der Waals surface area contributed by atoms with Crippen molar-refractivity contribution in [3.05, 3.63) is 67.0 Å². The summed E-state index contributed by atoms with van der Waals surface area (Å²) in [5.74, 6) is 0.401. The predicted octanol–water partition coefficient (Wildman–Crippen LogP) is 3.02. The van der Waals surface area contributed by atoms with Gasteiger partial charge in [0, 0.05) is 16.6 Å². The van der Waals surface area contributed by atoms with Crippen LogP contribution >= 0.6 is 11.8 Å². The normalized spacial score (nSPS) is 10.9. The van der Waals surface area contributed by atoms with Crippen LogP contribution in [0.25, 0.3) is 0 Å². The molecule has 0 aliphatic heterocycles. The highest BCUT2D eigenvalue weighted by atomic mass is 32.2. The van der Waals surface area contributed by atoms with Crippen molar-refractivity contribution in [1.29, 1.82) is 0 Å². The predicted molar refractivity (Wildman–Crippen MR) is 112 cm³/mol. The number of methoxy groups -OCH3 is 1. The largest absolute Gasteiger partial charge is 0.481 e. The van der Waals surface area contributed by atoms with Gasteiger partial charge in [-0.15, -0.1) is 11.8 Å². The van der Waals surface area contributed by atoms with E-state index in [1.807, 2.05) is 30.3 Å². The summed E-state index contributed by atoms with van der Waals surface area (Å²) in [4.78, 5) is 20.8. The topological polar surface area (TPSA) is 110 Å². The second-order valence-corrected chi connectivity index (χ2v) is 8.46. The molecule has 0 radical (unpaired) electrons. The van der Waals surface area contributed by atoms with Gasteiger partial charge >= 0.3 is 0 Å². The Morgan fingerprint density at radius 2 is 1.79 bits per heavy atom. The van der Waals surface area contributed by atoms with Gasteiger partial charge in [-0.05, 0) is 36.4 Å². The SMILES string of the molecule is COc1cc(NS(=O)(=O)c2ccc(NC(=O)CSc3ccccc3)cc2)ncn1. The van der Waals surface area contributed by atoms with E-state index in [1.165, 1.54) is 55.5 Å². The molecule has 0 saturated carbocycles. The first-order valence-corrected chi connectivity index (χ1v) is 10.9. The summed E-state index contributed by atoms with van der Waals surface area (Å²) in [7, 11) is -2.42. The minimum Gasteiger partial charge on any atom is -0.481 e. The molecule has 150 valence electrons. The van der Waals surface area contributed by atoms with Crippen LogP contribution in [-0.2, 0) is 14.8 Å². The number of amides is 1. The summed E-state index contributed by atoms with van der Waals surface area (Å²) in [5.41, 5.74) is 0.506. The lowest BCUT2D eigenvalue weighted by Crippen LogP contribution is -2.15. The molecule has 0 aliphatic rings. The minimum atomic E-state index is -3.84. The third-order valence-electron chi connectivity index (χ3n) is 3.65. The summed E-state index contributed by atoms with van der Waals surface area (Å²) in [6.45, 7) is 0. The summed E-state index contributed by atoms with van der Waals surface area (Å²) < 4.78 is 32.3. The number of benzene rings is 2. The van der Waals surface area contributed by atoms with Crippen molar-refractivity contribution in [3.63, 3.8) is 0 Å². The Bertz CT molecular complexity index is 1070. The number of nitrogens with zero attached hydrogens (tertiary/aromatic N) is 2. The van der Waals surface area contributed by atoms with Crippen molar-refractivity contribution < 1.29 is 17.9 Å². The number of rotatable bonds is 8. The third kappa shape index (κ3) is 5.93. The van der Waals surface area contributed by atoms with E-state index in [2.05, 4.69) is 20.0 Å². The summed E-state index contributed by atoms with van der Waals surface area (Å²) in [5, 5.41) is 2.74. The molecule has 0 aliphatic carbocycles. The first kappa shape index (κ1) is 20.6. The Hall–Kier alpha value is -3.11. The van der Waals surface area contributed by atoms with Gasteiger partial charge in [0.15, 0.2) is 0 Å². The smallest absolute Gasteiger partial charge is 0.263 e. The summed E-state index contributed by atoms with van der Waals surface area (Å²) >= 11 is 1.42. The van der Waals surface area contributed by atoms with Crippen LogP contribution in [0.3, 0.4) is 0 Å².